The van der Waals surface area contributed by atoms with Gasteiger partial charge in [0.2, 0.25) is 0 Å². The molecule has 1 aromatic carbocycles. The van der Waals surface area contributed by atoms with Crippen molar-refractivity contribution < 1.29 is 4.74 Å². The van der Waals surface area contributed by atoms with Gasteiger partial charge in [0.1, 0.15) is 0 Å². The van der Waals surface area contributed by atoms with Crippen LogP contribution in [0.5, 0.6) is 0 Å². The van der Waals surface area contributed by atoms with Crippen LogP contribution >= 0.6 is 0 Å². The Morgan fingerprint density at radius 3 is 2.83 bits per heavy atom. The van der Waals surface area contributed by atoms with Gasteiger partial charge in [-0.25, -0.2) is 10.4 Å². The third-order valence-electron chi connectivity index (χ3n) is 3.15. The Hall–Kier alpha value is -1.49. The summed E-state index contributed by atoms with van der Waals surface area (Å²) in [5.41, 5.74) is 5.52. The molecule has 0 unspecified atom stereocenters. The van der Waals surface area contributed by atoms with Crippen molar-refractivity contribution in [1.29, 1.82) is 0 Å². The molecule has 2 aromatic rings. The molecule has 0 amide bonds. The molecule has 0 saturated carbocycles. The standard InChI is InChI=1S/C14H17N3O/c1-2-4-14-12(3-1)5-6-13(16-14)11-15-17-7-9-18-10-8-17/h1-6,15H,7-11H2. The van der Waals surface area contributed by atoms with Crippen molar-refractivity contribution in [3.8, 4) is 0 Å². The summed E-state index contributed by atoms with van der Waals surface area (Å²) in [4.78, 5) is 4.64. The van der Waals surface area contributed by atoms with Crippen molar-refractivity contribution in [2.75, 3.05) is 26.3 Å². The predicted octanol–water partition coefficient (Wildman–Crippen LogP) is 1.57. The maximum atomic E-state index is 5.31. The van der Waals surface area contributed by atoms with E-state index < -0.39 is 0 Å². The van der Waals surface area contributed by atoms with Crippen molar-refractivity contribution in [2.45, 2.75) is 6.54 Å². The third kappa shape index (κ3) is 2.67. The number of nitrogens with one attached hydrogen (secondary N) is 1. The maximum Gasteiger partial charge on any atom is 0.0705 e. The summed E-state index contributed by atoms with van der Waals surface area (Å²) in [6, 6.07) is 12.4. The monoisotopic (exact) mass is 243 g/mol. The van der Waals surface area contributed by atoms with Gasteiger partial charge in [0.25, 0.3) is 0 Å². The second-order valence-electron chi connectivity index (χ2n) is 4.43. The number of nitrogens with zero attached hydrogens (tertiary/aromatic N) is 2. The number of fused-ring (bicyclic) bond motifs is 1. The van der Waals surface area contributed by atoms with E-state index in [2.05, 4.69) is 33.6 Å². The molecule has 0 spiro atoms. The average Bonchev–Trinajstić information content (AvgIpc) is 2.46. The highest BCUT2D eigenvalue weighted by atomic mass is 16.5. The number of pyridine rings is 1. The first kappa shape index (κ1) is 11.6. The van der Waals surface area contributed by atoms with E-state index in [-0.39, 0.29) is 0 Å². The number of benzene rings is 1. The smallest absolute Gasteiger partial charge is 0.0705 e. The molecule has 1 aromatic heterocycles. The van der Waals surface area contributed by atoms with Gasteiger partial charge in [0, 0.05) is 18.5 Å². The SMILES string of the molecule is c1ccc2nc(CNN3CCOCC3)ccc2c1. The van der Waals surface area contributed by atoms with Crippen LogP contribution in [0.1, 0.15) is 5.69 Å². The molecule has 0 aliphatic carbocycles. The maximum absolute atomic E-state index is 5.31. The molecule has 0 radical (unpaired) electrons. The van der Waals surface area contributed by atoms with Gasteiger partial charge >= 0.3 is 0 Å². The molecular formula is C14H17N3O. The lowest BCUT2D eigenvalue weighted by Gasteiger charge is -2.27. The van der Waals surface area contributed by atoms with Gasteiger partial charge in [-0.3, -0.25) is 4.98 Å². The Morgan fingerprint density at radius 1 is 1.11 bits per heavy atom. The van der Waals surface area contributed by atoms with E-state index in [1.165, 1.54) is 5.39 Å². The van der Waals surface area contributed by atoms with Crippen LogP contribution < -0.4 is 5.43 Å². The van der Waals surface area contributed by atoms with E-state index in [4.69, 9.17) is 4.74 Å². The Labute approximate surface area is 107 Å². The van der Waals surface area contributed by atoms with Crippen molar-refractivity contribution >= 4 is 10.9 Å². The summed E-state index contributed by atoms with van der Waals surface area (Å²) in [7, 11) is 0. The first-order valence-electron chi connectivity index (χ1n) is 6.33. The normalized spacial score (nSPS) is 17.1. The molecule has 1 fully saturated rings. The van der Waals surface area contributed by atoms with Crippen LogP contribution in [0.3, 0.4) is 0 Å². The Kier molecular flexibility index (Phi) is 3.50. The molecule has 94 valence electrons. The minimum absolute atomic E-state index is 0.769. The van der Waals surface area contributed by atoms with Crippen LogP contribution in [0.15, 0.2) is 36.4 Å². The minimum atomic E-state index is 0.769. The van der Waals surface area contributed by atoms with Gasteiger partial charge in [-0.1, -0.05) is 24.3 Å². The van der Waals surface area contributed by atoms with Crippen LogP contribution in [0.2, 0.25) is 0 Å². The van der Waals surface area contributed by atoms with Gasteiger partial charge in [-0.2, -0.15) is 0 Å². The molecule has 0 bridgehead atoms. The molecule has 18 heavy (non-hydrogen) atoms. The zero-order chi connectivity index (χ0) is 12.2. The molecule has 0 atom stereocenters. The van der Waals surface area contributed by atoms with Crippen molar-refractivity contribution in [1.82, 2.24) is 15.4 Å². The fourth-order valence-corrected chi connectivity index (χ4v) is 2.12. The average molecular weight is 243 g/mol. The highest BCUT2D eigenvalue weighted by Gasteiger charge is 2.09. The van der Waals surface area contributed by atoms with Crippen molar-refractivity contribution in [3.05, 3.63) is 42.1 Å². The Bertz CT molecular complexity index is 523. The molecule has 1 aliphatic heterocycles. The van der Waals surface area contributed by atoms with Crippen LogP contribution in [-0.4, -0.2) is 36.3 Å². The van der Waals surface area contributed by atoms with Gasteiger partial charge in [-0.15, -0.1) is 0 Å². The summed E-state index contributed by atoms with van der Waals surface area (Å²) >= 11 is 0. The molecule has 4 heteroatoms. The molecule has 1 N–H and O–H groups in total. The molecular weight excluding hydrogens is 226 g/mol. The highest BCUT2D eigenvalue weighted by molar-refractivity contribution is 5.78. The summed E-state index contributed by atoms with van der Waals surface area (Å²) in [5.74, 6) is 0. The number of hydrogen-bond acceptors (Lipinski definition) is 4. The van der Waals surface area contributed by atoms with E-state index in [9.17, 15) is 0 Å². The van der Waals surface area contributed by atoms with Crippen LogP contribution in [0, 0.1) is 0 Å². The van der Waals surface area contributed by atoms with Gasteiger partial charge in [-0.05, 0) is 12.1 Å². The van der Waals surface area contributed by atoms with Crippen LogP contribution in [-0.2, 0) is 11.3 Å². The Balaban J connectivity index is 1.66. The lowest BCUT2D eigenvalue weighted by atomic mass is 10.2. The Morgan fingerprint density at radius 2 is 1.94 bits per heavy atom. The first-order valence-corrected chi connectivity index (χ1v) is 6.33. The molecule has 1 aliphatic rings. The van der Waals surface area contributed by atoms with Gasteiger partial charge in [0.15, 0.2) is 0 Å². The van der Waals surface area contributed by atoms with E-state index >= 15 is 0 Å². The lowest BCUT2D eigenvalue weighted by molar-refractivity contribution is 0.0104. The summed E-state index contributed by atoms with van der Waals surface area (Å²) in [6.07, 6.45) is 0. The summed E-state index contributed by atoms with van der Waals surface area (Å²) < 4.78 is 5.31. The lowest BCUT2D eigenvalue weighted by Crippen LogP contribution is -2.45. The highest BCUT2D eigenvalue weighted by Crippen LogP contribution is 2.11. The van der Waals surface area contributed by atoms with E-state index in [0.717, 1.165) is 44.1 Å². The third-order valence-corrected chi connectivity index (χ3v) is 3.15. The summed E-state index contributed by atoms with van der Waals surface area (Å²) in [5, 5.41) is 3.38. The van der Waals surface area contributed by atoms with Crippen molar-refractivity contribution in [3.63, 3.8) is 0 Å². The van der Waals surface area contributed by atoms with Gasteiger partial charge in [0.05, 0.1) is 31.0 Å². The number of hydrogen-bond donors (Lipinski definition) is 1. The zero-order valence-corrected chi connectivity index (χ0v) is 10.3. The van der Waals surface area contributed by atoms with Gasteiger partial charge < -0.3 is 4.74 Å². The number of ether oxygens (including phenoxy) is 1. The molecule has 1 saturated heterocycles. The van der Waals surface area contributed by atoms with Crippen molar-refractivity contribution in [2.24, 2.45) is 0 Å². The van der Waals surface area contributed by atoms with Crippen LogP contribution in [0.4, 0.5) is 0 Å². The predicted molar refractivity (Wildman–Crippen MR) is 71.0 cm³/mol. The topological polar surface area (TPSA) is 37.4 Å². The van der Waals surface area contributed by atoms with E-state index in [1.54, 1.807) is 0 Å². The fourth-order valence-electron chi connectivity index (χ4n) is 2.12. The fraction of sp³-hybridized carbons (Fsp3) is 0.357. The van der Waals surface area contributed by atoms with Crippen LogP contribution in [0.25, 0.3) is 10.9 Å². The number of para-hydroxylation sites is 1. The molecule has 4 nitrogen and oxygen atoms in total. The van der Waals surface area contributed by atoms with E-state index in [0.29, 0.717) is 0 Å². The number of rotatable bonds is 3. The second kappa shape index (κ2) is 5.44. The summed E-state index contributed by atoms with van der Waals surface area (Å²) in [6.45, 7) is 4.25. The largest absolute Gasteiger partial charge is 0.379 e. The number of aromatic nitrogens is 1. The second-order valence-corrected chi connectivity index (χ2v) is 4.43. The molecule has 3 rings (SSSR count). The first-order chi connectivity index (χ1) is 8.92. The zero-order valence-electron chi connectivity index (χ0n) is 10.3. The van der Waals surface area contributed by atoms with E-state index in [1.807, 2.05) is 18.2 Å². The minimum Gasteiger partial charge on any atom is -0.379 e. The number of morpholine rings is 1. The quantitative estimate of drug-likeness (QED) is 0.888. The number of hydrazine groups is 1. The molecule has 2 heterocycles.